The molecule has 1 aromatic carbocycles. The third kappa shape index (κ3) is 3.12. The van der Waals surface area contributed by atoms with E-state index < -0.39 is 0 Å². The zero-order chi connectivity index (χ0) is 19.7. The van der Waals surface area contributed by atoms with E-state index in [0.29, 0.717) is 29.2 Å². The van der Waals surface area contributed by atoms with Gasteiger partial charge in [-0.15, -0.1) is 0 Å². The Balaban J connectivity index is 1.72. The molecule has 1 amide bonds. The van der Waals surface area contributed by atoms with Crippen LogP contribution in [0.3, 0.4) is 0 Å². The Morgan fingerprint density at radius 1 is 1.36 bits per heavy atom. The third-order valence-electron chi connectivity index (χ3n) is 5.20. The molecule has 3 N–H and O–H groups in total. The highest BCUT2D eigenvalue weighted by atomic mass is 16.1. The highest BCUT2D eigenvalue weighted by Crippen LogP contribution is 2.41. The Morgan fingerprint density at radius 2 is 2.14 bits per heavy atom. The molecule has 0 saturated carbocycles. The molecule has 142 valence electrons. The maximum Gasteiger partial charge on any atom is 0.272 e. The first-order valence-electron chi connectivity index (χ1n) is 9.18. The van der Waals surface area contributed by atoms with Gasteiger partial charge in [-0.3, -0.25) is 9.89 Å². The molecule has 0 spiro atoms. The van der Waals surface area contributed by atoms with Gasteiger partial charge < -0.3 is 15.2 Å². The van der Waals surface area contributed by atoms with E-state index in [-0.39, 0.29) is 17.9 Å². The second-order valence-corrected chi connectivity index (χ2v) is 7.04. The normalized spacial score (nSPS) is 17.0. The molecule has 2 aromatic heterocycles. The van der Waals surface area contributed by atoms with Crippen LogP contribution in [0.5, 0.6) is 0 Å². The minimum Gasteiger partial charge on any atom is -0.362 e. The van der Waals surface area contributed by atoms with Gasteiger partial charge in [0, 0.05) is 18.7 Å². The molecule has 7 heteroatoms. The molecular weight excluding hydrogens is 354 g/mol. The fourth-order valence-electron chi connectivity index (χ4n) is 3.68. The van der Waals surface area contributed by atoms with Crippen LogP contribution < -0.4 is 10.2 Å². The molecule has 1 aliphatic rings. The van der Waals surface area contributed by atoms with Crippen LogP contribution in [0.15, 0.2) is 48.8 Å². The number of hydrogen-bond donors (Lipinski definition) is 3. The number of nitrogens with one attached hydrogen (secondary N) is 3. The fraction of sp³-hybridized carbons (Fsp3) is 0.238. The number of aromatic amines is 2. The summed E-state index contributed by atoms with van der Waals surface area (Å²) in [7, 11) is 0. The second kappa shape index (κ2) is 7.21. The maximum absolute atomic E-state index is 12.6. The van der Waals surface area contributed by atoms with Crippen LogP contribution >= 0.6 is 0 Å². The second-order valence-electron chi connectivity index (χ2n) is 7.04. The molecule has 3 aromatic rings. The Bertz CT molecular complexity index is 1030. The van der Waals surface area contributed by atoms with E-state index in [1.54, 1.807) is 12.3 Å². The average molecular weight is 375 g/mol. The Morgan fingerprint density at radius 3 is 2.82 bits per heavy atom. The van der Waals surface area contributed by atoms with E-state index in [4.69, 9.17) is 0 Å². The lowest BCUT2D eigenvalue weighted by atomic mass is 9.91. The first kappa shape index (κ1) is 17.8. The van der Waals surface area contributed by atoms with E-state index in [1.807, 2.05) is 25.1 Å². The number of H-pyrrole nitrogens is 2. The number of hydrogen-bond acceptors (Lipinski definition) is 4. The zero-order valence-electron chi connectivity index (χ0n) is 15.7. The Kier molecular flexibility index (Phi) is 4.59. The van der Waals surface area contributed by atoms with E-state index in [0.717, 1.165) is 5.69 Å². The molecule has 0 aliphatic carbocycles. The van der Waals surface area contributed by atoms with Crippen LogP contribution in [0.25, 0.3) is 5.57 Å². The van der Waals surface area contributed by atoms with Crippen molar-refractivity contribution in [3.8, 4) is 0 Å². The SMILES string of the molecule is CC1CN(C(C)c2ccccc2)c2cc(C(=O)Nc3cn[nH]c3)[nH]c2C1=C=O. The molecule has 0 fully saturated rings. The standard InChI is InChI=1S/C21H21N5O2/c1-13-11-26(14(2)15-6-4-3-5-7-15)19-8-18(25-20(19)17(13)12-27)21(28)24-16-9-22-23-10-16/h3-10,13-14,25H,11H2,1-2H3,(H,22,23)(H,24,28). The van der Waals surface area contributed by atoms with Crippen molar-refractivity contribution in [3.63, 3.8) is 0 Å². The van der Waals surface area contributed by atoms with Gasteiger partial charge in [-0.25, -0.2) is 4.79 Å². The van der Waals surface area contributed by atoms with Crippen molar-refractivity contribution >= 4 is 28.8 Å². The lowest BCUT2D eigenvalue weighted by Gasteiger charge is -2.37. The summed E-state index contributed by atoms with van der Waals surface area (Å²) in [5, 5.41) is 9.26. The van der Waals surface area contributed by atoms with E-state index in [9.17, 15) is 9.59 Å². The van der Waals surface area contributed by atoms with Crippen molar-refractivity contribution in [1.82, 2.24) is 15.2 Å². The van der Waals surface area contributed by atoms with Crippen molar-refractivity contribution in [1.29, 1.82) is 0 Å². The number of anilines is 2. The third-order valence-corrected chi connectivity index (χ3v) is 5.20. The Labute approximate surface area is 162 Å². The lowest BCUT2D eigenvalue weighted by molar-refractivity contribution is 0.102. The Hall–Kier alpha value is -3.57. The number of amides is 1. The molecule has 0 saturated heterocycles. The minimum absolute atomic E-state index is 0.000373. The summed E-state index contributed by atoms with van der Waals surface area (Å²) < 4.78 is 0. The van der Waals surface area contributed by atoms with Crippen LogP contribution in [0.4, 0.5) is 11.4 Å². The van der Waals surface area contributed by atoms with Gasteiger partial charge in [-0.05, 0) is 18.6 Å². The molecule has 4 rings (SSSR count). The summed E-state index contributed by atoms with van der Waals surface area (Å²) in [6.45, 7) is 4.80. The molecule has 28 heavy (non-hydrogen) atoms. The van der Waals surface area contributed by atoms with Crippen molar-refractivity contribution < 1.29 is 9.59 Å². The van der Waals surface area contributed by atoms with Gasteiger partial charge in [0.1, 0.15) is 11.6 Å². The van der Waals surface area contributed by atoms with Gasteiger partial charge in [-0.1, -0.05) is 37.3 Å². The molecule has 2 unspecified atom stereocenters. The van der Waals surface area contributed by atoms with Crippen LogP contribution in [0.2, 0.25) is 0 Å². The van der Waals surface area contributed by atoms with Gasteiger partial charge in [-0.2, -0.15) is 5.10 Å². The minimum atomic E-state index is -0.291. The number of benzene rings is 1. The first-order valence-corrected chi connectivity index (χ1v) is 9.18. The van der Waals surface area contributed by atoms with Gasteiger partial charge in [0.05, 0.1) is 34.9 Å². The van der Waals surface area contributed by atoms with E-state index in [2.05, 4.69) is 50.4 Å². The molecule has 1 aliphatic heterocycles. The molecular formula is C21H21N5O2. The molecule has 0 bridgehead atoms. The summed E-state index contributed by atoms with van der Waals surface area (Å²) in [4.78, 5) is 29.6. The molecule has 7 nitrogen and oxygen atoms in total. The van der Waals surface area contributed by atoms with Gasteiger partial charge in [0.2, 0.25) is 0 Å². The fourth-order valence-corrected chi connectivity index (χ4v) is 3.68. The van der Waals surface area contributed by atoms with Crippen molar-refractivity contribution in [2.24, 2.45) is 5.92 Å². The summed E-state index contributed by atoms with van der Waals surface area (Å²) in [5.74, 6) is 1.78. The van der Waals surface area contributed by atoms with Crippen molar-refractivity contribution in [3.05, 3.63) is 65.7 Å². The molecule has 0 radical (unpaired) electrons. The van der Waals surface area contributed by atoms with Gasteiger partial charge >= 0.3 is 0 Å². The average Bonchev–Trinajstić information content (AvgIpc) is 3.37. The summed E-state index contributed by atoms with van der Waals surface area (Å²) in [6.07, 6.45) is 3.13. The summed E-state index contributed by atoms with van der Waals surface area (Å²) in [6, 6.07) is 12.1. The highest BCUT2D eigenvalue weighted by Gasteiger charge is 2.33. The number of nitrogens with zero attached hydrogens (tertiary/aromatic N) is 2. The summed E-state index contributed by atoms with van der Waals surface area (Å²) in [5.41, 5.74) is 4.20. The van der Waals surface area contributed by atoms with Gasteiger partial charge in [0.15, 0.2) is 0 Å². The van der Waals surface area contributed by atoms with Crippen LogP contribution in [0.1, 0.15) is 41.6 Å². The lowest BCUT2D eigenvalue weighted by Crippen LogP contribution is -2.35. The topological polar surface area (TPSA) is 93.9 Å². The van der Waals surface area contributed by atoms with Crippen LogP contribution in [-0.2, 0) is 4.79 Å². The van der Waals surface area contributed by atoms with Crippen LogP contribution in [-0.4, -0.2) is 33.6 Å². The quantitative estimate of drug-likeness (QED) is 0.609. The number of carbonyl (C=O) groups excluding carboxylic acids is 2. The maximum atomic E-state index is 12.6. The van der Waals surface area contributed by atoms with Gasteiger partial charge in [0.25, 0.3) is 5.91 Å². The summed E-state index contributed by atoms with van der Waals surface area (Å²) >= 11 is 0. The number of fused-ring (bicyclic) bond motifs is 1. The molecule has 3 heterocycles. The van der Waals surface area contributed by atoms with Crippen molar-refractivity contribution in [2.45, 2.75) is 19.9 Å². The molecule has 2 atom stereocenters. The largest absolute Gasteiger partial charge is 0.362 e. The van der Waals surface area contributed by atoms with E-state index >= 15 is 0 Å². The van der Waals surface area contributed by atoms with Crippen molar-refractivity contribution in [2.75, 3.05) is 16.8 Å². The number of carbonyl (C=O) groups is 1. The van der Waals surface area contributed by atoms with E-state index in [1.165, 1.54) is 11.8 Å². The predicted molar refractivity (Wildman–Crippen MR) is 108 cm³/mol. The predicted octanol–water partition coefficient (Wildman–Crippen LogP) is 3.42. The number of rotatable bonds is 4. The number of aromatic nitrogens is 3. The highest BCUT2D eigenvalue weighted by molar-refractivity contribution is 6.05. The zero-order valence-corrected chi connectivity index (χ0v) is 15.7. The smallest absolute Gasteiger partial charge is 0.272 e. The van der Waals surface area contributed by atoms with Crippen LogP contribution in [0, 0.1) is 5.92 Å². The first-order chi connectivity index (χ1) is 13.6. The monoisotopic (exact) mass is 375 g/mol.